The third-order valence-corrected chi connectivity index (χ3v) is 12.8. The van der Waals surface area contributed by atoms with E-state index >= 15 is 4.57 Å². The van der Waals surface area contributed by atoms with Crippen LogP contribution in [0.4, 0.5) is 0 Å². The van der Waals surface area contributed by atoms with Gasteiger partial charge in [0.1, 0.15) is 11.2 Å². The van der Waals surface area contributed by atoms with Crippen molar-refractivity contribution in [3.63, 3.8) is 0 Å². The van der Waals surface area contributed by atoms with Crippen molar-refractivity contribution in [3.8, 4) is 27.9 Å². The monoisotopic (exact) mass is 607 g/mol. The fourth-order valence-electron chi connectivity index (χ4n) is 7.56. The molecular weight excluding hydrogens is 581 g/mol. The summed E-state index contributed by atoms with van der Waals surface area (Å²) in [6, 6.07) is 54.5. The molecule has 0 bridgehead atoms. The van der Waals surface area contributed by atoms with Gasteiger partial charge in [-0.2, -0.15) is 0 Å². The van der Waals surface area contributed by atoms with E-state index in [0.717, 1.165) is 87.6 Å². The maximum atomic E-state index is 15.7. The van der Waals surface area contributed by atoms with E-state index in [-0.39, 0.29) is 0 Å². The molecule has 0 spiro atoms. The Morgan fingerprint density at radius 1 is 0.500 bits per heavy atom. The van der Waals surface area contributed by atoms with Gasteiger partial charge in [0.05, 0.1) is 16.3 Å². The molecule has 10 rings (SSSR count). The van der Waals surface area contributed by atoms with E-state index in [4.69, 9.17) is 4.42 Å². The van der Waals surface area contributed by atoms with E-state index in [1.54, 1.807) is 0 Å². The highest BCUT2D eigenvalue weighted by atomic mass is 31.2. The number of hydrogen-bond acceptors (Lipinski definition) is 2. The average Bonchev–Trinajstić information content (AvgIpc) is 3.75. The summed E-state index contributed by atoms with van der Waals surface area (Å²) in [7, 11) is -3.18. The van der Waals surface area contributed by atoms with Crippen molar-refractivity contribution in [1.82, 2.24) is 4.57 Å². The highest BCUT2D eigenvalue weighted by molar-refractivity contribution is 7.86. The predicted molar refractivity (Wildman–Crippen MR) is 192 cm³/mol. The zero-order chi connectivity index (χ0) is 30.4. The van der Waals surface area contributed by atoms with Crippen LogP contribution in [-0.4, -0.2) is 4.57 Å². The van der Waals surface area contributed by atoms with Crippen LogP contribution >= 0.6 is 7.14 Å². The van der Waals surface area contributed by atoms with Crippen LogP contribution in [0.1, 0.15) is 0 Å². The molecule has 0 fully saturated rings. The molecule has 3 nitrogen and oxygen atoms in total. The van der Waals surface area contributed by atoms with E-state index in [1.807, 2.05) is 54.6 Å². The molecule has 4 heteroatoms. The lowest BCUT2D eigenvalue weighted by atomic mass is 10.0. The maximum absolute atomic E-state index is 15.7. The summed E-state index contributed by atoms with van der Waals surface area (Å²) in [4.78, 5) is 0. The first-order valence-corrected chi connectivity index (χ1v) is 17.3. The van der Waals surface area contributed by atoms with Crippen LogP contribution in [0.25, 0.3) is 71.7 Å². The molecule has 1 unspecified atom stereocenters. The zero-order valence-corrected chi connectivity index (χ0v) is 25.6. The molecule has 0 amide bonds. The van der Waals surface area contributed by atoms with Gasteiger partial charge in [-0.1, -0.05) is 121 Å². The van der Waals surface area contributed by atoms with Crippen molar-refractivity contribution in [1.29, 1.82) is 0 Å². The van der Waals surface area contributed by atoms with Gasteiger partial charge in [-0.25, -0.2) is 0 Å². The van der Waals surface area contributed by atoms with Gasteiger partial charge in [0.25, 0.3) is 0 Å². The van der Waals surface area contributed by atoms with Crippen LogP contribution in [0.15, 0.2) is 162 Å². The smallest absolute Gasteiger partial charge is 0.174 e. The Morgan fingerprint density at radius 2 is 1.20 bits per heavy atom. The summed E-state index contributed by atoms with van der Waals surface area (Å²) >= 11 is 0. The fraction of sp³-hybridized carbons (Fsp3) is 0. The number of furan rings is 1. The van der Waals surface area contributed by atoms with Crippen molar-refractivity contribution in [2.45, 2.75) is 0 Å². The van der Waals surface area contributed by atoms with Crippen molar-refractivity contribution in [2.75, 3.05) is 0 Å². The van der Waals surface area contributed by atoms with Crippen LogP contribution in [0.5, 0.6) is 0 Å². The molecule has 46 heavy (non-hydrogen) atoms. The van der Waals surface area contributed by atoms with Gasteiger partial charge in [-0.3, -0.25) is 0 Å². The molecule has 0 saturated heterocycles. The third kappa shape index (κ3) is 3.41. The van der Waals surface area contributed by atoms with Crippen molar-refractivity contribution < 1.29 is 8.98 Å². The molecule has 1 aliphatic rings. The Bertz CT molecular complexity index is 2720. The number of fused-ring (bicyclic) bond motifs is 10. The summed E-state index contributed by atoms with van der Waals surface area (Å²) in [6.07, 6.45) is 0. The number of benzene rings is 7. The number of aromatic nitrogens is 1. The Balaban J connectivity index is 1.22. The number of rotatable bonds is 3. The molecule has 0 aliphatic carbocycles. The molecule has 1 atom stereocenters. The highest BCUT2D eigenvalue weighted by Gasteiger charge is 2.42. The van der Waals surface area contributed by atoms with Gasteiger partial charge in [-0.05, 0) is 58.7 Å². The summed E-state index contributed by atoms with van der Waals surface area (Å²) in [5.74, 6) is 0. The van der Waals surface area contributed by atoms with Gasteiger partial charge in [0.2, 0.25) is 0 Å². The SMILES string of the molecule is O=P1(c2ccccc2)c2ccccc2-c2ccc3c4ccccc4n(-c4ccc(-c5ccc6oc7ccccc7c6c5)cc4)c3c21. The van der Waals surface area contributed by atoms with E-state index in [9.17, 15) is 0 Å². The van der Waals surface area contributed by atoms with E-state index in [0.29, 0.717) is 0 Å². The normalized spacial score (nSPS) is 15.6. The highest BCUT2D eigenvalue weighted by Crippen LogP contribution is 2.54. The second-order valence-electron chi connectivity index (χ2n) is 12.0. The van der Waals surface area contributed by atoms with E-state index in [2.05, 4.69) is 108 Å². The second kappa shape index (κ2) is 9.44. The Morgan fingerprint density at radius 3 is 2.07 bits per heavy atom. The lowest BCUT2D eigenvalue weighted by Crippen LogP contribution is -2.22. The number of para-hydroxylation sites is 2. The molecule has 7 aromatic carbocycles. The lowest BCUT2D eigenvalue weighted by Gasteiger charge is -2.18. The van der Waals surface area contributed by atoms with Crippen LogP contribution in [-0.2, 0) is 4.57 Å². The second-order valence-corrected chi connectivity index (χ2v) is 14.7. The van der Waals surface area contributed by atoms with Gasteiger partial charge >= 0.3 is 0 Å². The topological polar surface area (TPSA) is 35.1 Å². The largest absolute Gasteiger partial charge is 0.456 e. The van der Waals surface area contributed by atoms with Crippen molar-refractivity contribution >= 4 is 66.8 Å². The first-order chi connectivity index (χ1) is 22.7. The molecule has 0 saturated carbocycles. The predicted octanol–water partition coefficient (Wildman–Crippen LogP) is 9.97. The standard InChI is InChI=1S/C42H26NO2P/c44-46(30-10-2-1-3-11-30)40-17-9-6-14-33(40)35-24-23-34-31-12-4-7-15-37(31)43(41(34)42(35)46)29-21-18-27(19-22-29)28-20-25-39-36(26-28)32-13-5-8-16-38(32)45-39/h1-26H. The van der Waals surface area contributed by atoms with Gasteiger partial charge in [-0.15, -0.1) is 0 Å². The van der Waals surface area contributed by atoms with Crippen LogP contribution in [0.2, 0.25) is 0 Å². The Labute approximate surface area is 265 Å². The molecule has 3 heterocycles. The molecular formula is C42H26NO2P. The summed E-state index contributed by atoms with van der Waals surface area (Å²) in [6.45, 7) is 0. The van der Waals surface area contributed by atoms with Gasteiger partial charge in [0, 0.05) is 37.8 Å². The first-order valence-electron chi connectivity index (χ1n) is 15.5. The number of nitrogens with zero attached hydrogens (tertiary/aromatic N) is 1. The third-order valence-electron chi connectivity index (χ3n) is 9.61. The Hall–Kier alpha value is -5.63. The zero-order valence-electron chi connectivity index (χ0n) is 24.7. The Kier molecular flexibility index (Phi) is 5.27. The minimum atomic E-state index is -3.18. The summed E-state index contributed by atoms with van der Waals surface area (Å²) < 4.78 is 24.1. The van der Waals surface area contributed by atoms with Crippen molar-refractivity contribution in [3.05, 3.63) is 158 Å². The molecule has 0 radical (unpaired) electrons. The first kappa shape index (κ1) is 25.7. The lowest BCUT2D eigenvalue weighted by molar-refractivity contribution is 0.593. The quantitative estimate of drug-likeness (QED) is 0.187. The molecule has 0 N–H and O–H groups in total. The molecule has 1 aliphatic heterocycles. The molecule has 9 aromatic rings. The van der Waals surface area contributed by atoms with E-state index < -0.39 is 7.14 Å². The summed E-state index contributed by atoms with van der Waals surface area (Å²) in [5.41, 5.74) is 9.32. The maximum Gasteiger partial charge on any atom is 0.174 e. The average molecular weight is 608 g/mol. The molecule has 2 aromatic heterocycles. The number of hydrogen-bond donors (Lipinski definition) is 0. The van der Waals surface area contributed by atoms with E-state index in [1.165, 1.54) is 0 Å². The van der Waals surface area contributed by atoms with Crippen molar-refractivity contribution in [2.24, 2.45) is 0 Å². The van der Waals surface area contributed by atoms with Gasteiger partial charge in [0.15, 0.2) is 7.14 Å². The minimum absolute atomic E-state index is 0.864. The minimum Gasteiger partial charge on any atom is -0.456 e. The van der Waals surface area contributed by atoms with Crippen LogP contribution in [0, 0.1) is 0 Å². The fourth-order valence-corrected chi connectivity index (χ4v) is 10.8. The van der Waals surface area contributed by atoms with Crippen LogP contribution < -0.4 is 15.9 Å². The van der Waals surface area contributed by atoms with Gasteiger partial charge < -0.3 is 13.5 Å². The summed E-state index contributed by atoms with van der Waals surface area (Å²) in [5, 5.41) is 7.21. The van der Waals surface area contributed by atoms with Crippen LogP contribution in [0.3, 0.4) is 0 Å². The molecule has 216 valence electrons.